The lowest BCUT2D eigenvalue weighted by molar-refractivity contribution is 0.0717. The van der Waals surface area contributed by atoms with Crippen LogP contribution in [0, 0.1) is 12.7 Å². The molecule has 5 rings (SSSR count). The first-order valence-electron chi connectivity index (χ1n) is 10.2. The van der Waals surface area contributed by atoms with Gasteiger partial charge < -0.3 is 9.32 Å². The van der Waals surface area contributed by atoms with Crippen LogP contribution in [-0.4, -0.2) is 22.3 Å². The van der Waals surface area contributed by atoms with E-state index in [1.54, 1.807) is 42.2 Å². The molecule has 0 radical (unpaired) electrons. The molecule has 0 bridgehead atoms. The van der Waals surface area contributed by atoms with Crippen LogP contribution < -0.4 is 0 Å². The summed E-state index contributed by atoms with van der Waals surface area (Å²) in [7, 11) is 0. The summed E-state index contributed by atoms with van der Waals surface area (Å²) >= 11 is 6.06. The quantitative estimate of drug-likeness (QED) is 0.366. The van der Waals surface area contributed by atoms with Gasteiger partial charge in [0.05, 0.1) is 0 Å². The monoisotopic (exact) mass is 434 g/mol. The molecule has 2 heterocycles. The van der Waals surface area contributed by atoms with E-state index < -0.39 is 0 Å². The van der Waals surface area contributed by atoms with Crippen LogP contribution in [0.5, 0.6) is 0 Å². The number of carbonyl (C=O) groups is 1. The molecule has 4 aromatic rings. The molecule has 1 unspecified atom stereocenters. The number of rotatable bonds is 3. The highest BCUT2D eigenvalue weighted by Gasteiger charge is 2.34. The summed E-state index contributed by atoms with van der Waals surface area (Å²) in [6.07, 6.45) is 1.68. The van der Waals surface area contributed by atoms with Crippen molar-refractivity contribution < 1.29 is 13.6 Å². The van der Waals surface area contributed by atoms with Gasteiger partial charge in [-0.25, -0.2) is 9.37 Å². The highest BCUT2D eigenvalue weighted by molar-refractivity contribution is 6.30. The molecule has 1 aliphatic rings. The van der Waals surface area contributed by atoms with E-state index in [1.165, 1.54) is 6.07 Å². The molecule has 1 fully saturated rings. The predicted octanol–water partition coefficient (Wildman–Crippen LogP) is 6.57. The second kappa shape index (κ2) is 7.82. The molecular weight excluding hydrogens is 415 g/mol. The number of likely N-dealkylation sites (tertiary alicyclic amines) is 1. The number of aryl methyl sites for hydroxylation is 1. The third-order valence-corrected chi connectivity index (χ3v) is 6.00. The van der Waals surface area contributed by atoms with Gasteiger partial charge in [0.1, 0.15) is 17.4 Å². The van der Waals surface area contributed by atoms with Crippen LogP contribution in [0.15, 0.2) is 65.1 Å². The van der Waals surface area contributed by atoms with Crippen molar-refractivity contribution in [3.8, 4) is 11.1 Å². The molecule has 0 aliphatic carbocycles. The van der Waals surface area contributed by atoms with Gasteiger partial charge in [-0.15, -0.1) is 0 Å². The Bertz CT molecular complexity index is 1300. The largest absolute Gasteiger partial charge is 0.438 e. The molecule has 1 saturated heterocycles. The van der Waals surface area contributed by atoms with Gasteiger partial charge in [0, 0.05) is 17.1 Å². The molecule has 0 spiro atoms. The summed E-state index contributed by atoms with van der Waals surface area (Å²) in [5, 5.41) is 0.534. The summed E-state index contributed by atoms with van der Waals surface area (Å²) in [5.74, 6) is 0.240. The normalized spacial score (nSPS) is 16.2. The third-order valence-electron chi connectivity index (χ3n) is 5.77. The third kappa shape index (κ3) is 3.70. The molecule has 1 aromatic heterocycles. The smallest absolute Gasteiger partial charge is 0.254 e. The van der Waals surface area contributed by atoms with E-state index in [0.717, 1.165) is 29.5 Å². The Morgan fingerprint density at radius 3 is 2.74 bits per heavy atom. The Kier molecular flexibility index (Phi) is 4.98. The predicted molar refractivity (Wildman–Crippen MR) is 119 cm³/mol. The summed E-state index contributed by atoms with van der Waals surface area (Å²) in [4.78, 5) is 19.6. The topological polar surface area (TPSA) is 46.3 Å². The SMILES string of the molecule is Cc1cc(-c2ccc3oc(C4CCCN4C(=O)c4cccc(Cl)c4)nc3c2)ccc1F. The van der Waals surface area contributed by atoms with Gasteiger partial charge >= 0.3 is 0 Å². The second-order valence-corrected chi connectivity index (χ2v) is 8.30. The van der Waals surface area contributed by atoms with Crippen LogP contribution in [0.3, 0.4) is 0 Å². The molecule has 1 amide bonds. The number of hydrogen-bond donors (Lipinski definition) is 0. The van der Waals surface area contributed by atoms with E-state index in [9.17, 15) is 9.18 Å². The first kappa shape index (κ1) is 19.8. The van der Waals surface area contributed by atoms with Crippen LogP contribution in [0.1, 0.15) is 40.7 Å². The van der Waals surface area contributed by atoms with Gasteiger partial charge in [0.2, 0.25) is 5.89 Å². The van der Waals surface area contributed by atoms with Crippen LogP contribution in [-0.2, 0) is 0 Å². The van der Waals surface area contributed by atoms with Crippen molar-refractivity contribution in [2.75, 3.05) is 6.54 Å². The molecule has 6 heteroatoms. The molecule has 3 aromatic carbocycles. The molecule has 0 saturated carbocycles. The number of fused-ring (bicyclic) bond motifs is 1. The Morgan fingerprint density at radius 1 is 1.13 bits per heavy atom. The fourth-order valence-corrected chi connectivity index (χ4v) is 4.34. The van der Waals surface area contributed by atoms with E-state index in [0.29, 0.717) is 34.2 Å². The molecular formula is C25H20ClFN2O2. The zero-order valence-corrected chi connectivity index (χ0v) is 17.7. The van der Waals surface area contributed by atoms with E-state index >= 15 is 0 Å². The highest BCUT2D eigenvalue weighted by atomic mass is 35.5. The van der Waals surface area contributed by atoms with Gasteiger partial charge in [0.25, 0.3) is 5.91 Å². The van der Waals surface area contributed by atoms with Crippen LogP contribution in [0.4, 0.5) is 4.39 Å². The van der Waals surface area contributed by atoms with E-state index in [1.807, 2.05) is 24.3 Å². The maximum Gasteiger partial charge on any atom is 0.254 e. The molecule has 4 nitrogen and oxygen atoms in total. The molecule has 156 valence electrons. The number of halogens is 2. The molecule has 1 atom stereocenters. The van der Waals surface area contributed by atoms with Crippen molar-refractivity contribution in [3.63, 3.8) is 0 Å². The lowest BCUT2D eigenvalue weighted by Crippen LogP contribution is -2.30. The van der Waals surface area contributed by atoms with Gasteiger partial charge in [-0.3, -0.25) is 4.79 Å². The minimum atomic E-state index is -0.223. The average Bonchev–Trinajstić information content (AvgIpc) is 3.41. The number of hydrogen-bond acceptors (Lipinski definition) is 3. The highest BCUT2D eigenvalue weighted by Crippen LogP contribution is 2.35. The maximum absolute atomic E-state index is 13.6. The van der Waals surface area contributed by atoms with Crippen molar-refractivity contribution in [1.29, 1.82) is 0 Å². The van der Waals surface area contributed by atoms with Crippen molar-refractivity contribution in [2.24, 2.45) is 0 Å². The fourth-order valence-electron chi connectivity index (χ4n) is 4.15. The van der Waals surface area contributed by atoms with Crippen LogP contribution in [0.2, 0.25) is 5.02 Å². The van der Waals surface area contributed by atoms with Crippen LogP contribution >= 0.6 is 11.6 Å². The summed E-state index contributed by atoms with van der Waals surface area (Å²) in [6, 6.07) is 17.6. The van der Waals surface area contributed by atoms with Gasteiger partial charge in [0.15, 0.2) is 5.58 Å². The standard InChI is InChI=1S/C25H20ClFN2O2/c1-15-12-16(7-9-20(15)27)17-8-10-23-21(14-17)28-24(31-23)22-6-3-11-29(22)25(30)18-4-2-5-19(26)13-18/h2,4-5,7-10,12-14,22H,3,6,11H2,1H3. The Labute approximate surface area is 184 Å². The van der Waals surface area contributed by atoms with E-state index in [-0.39, 0.29) is 17.8 Å². The summed E-state index contributed by atoms with van der Waals surface area (Å²) in [5.41, 5.74) is 4.40. The minimum absolute atomic E-state index is 0.0743. The van der Waals surface area contributed by atoms with Crippen molar-refractivity contribution in [1.82, 2.24) is 9.88 Å². The van der Waals surface area contributed by atoms with Crippen molar-refractivity contribution in [3.05, 3.63) is 88.5 Å². The van der Waals surface area contributed by atoms with E-state index in [2.05, 4.69) is 0 Å². The zero-order chi connectivity index (χ0) is 21.5. The van der Waals surface area contributed by atoms with Gasteiger partial charge in [-0.2, -0.15) is 0 Å². The Balaban J connectivity index is 1.47. The number of aromatic nitrogens is 1. The molecule has 0 N–H and O–H groups in total. The van der Waals surface area contributed by atoms with Crippen LogP contribution in [0.25, 0.3) is 22.2 Å². The Morgan fingerprint density at radius 2 is 1.94 bits per heavy atom. The fraction of sp³-hybridized carbons (Fsp3) is 0.200. The number of carbonyl (C=O) groups excluding carboxylic acids is 1. The average molecular weight is 435 g/mol. The Hall–Kier alpha value is -3.18. The second-order valence-electron chi connectivity index (χ2n) is 7.87. The first-order chi connectivity index (χ1) is 15.0. The maximum atomic E-state index is 13.6. The van der Waals surface area contributed by atoms with E-state index in [4.69, 9.17) is 21.0 Å². The minimum Gasteiger partial charge on any atom is -0.438 e. The lowest BCUT2D eigenvalue weighted by atomic mass is 10.0. The van der Waals surface area contributed by atoms with Crippen molar-refractivity contribution in [2.45, 2.75) is 25.8 Å². The summed E-state index contributed by atoms with van der Waals surface area (Å²) < 4.78 is 19.7. The molecule has 31 heavy (non-hydrogen) atoms. The number of oxazole rings is 1. The lowest BCUT2D eigenvalue weighted by Gasteiger charge is -2.22. The zero-order valence-electron chi connectivity index (χ0n) is 16.9. The molecule has 1 aliphatic heterocycles. The first-order valence-corrected chi connectivity index (χ1v) is 10.6. The van der Waals surface area contributed by atoms with Crippen molar-refractivity contribution >= 4 is 28.6 Å². The van der Waals surface area contributed by atoms with Gasteiger partial charge in [-0.05, 0) is 78.9 Å². The number of nitrogens with zero attached hydrogens (tertiary/aromatic N) is 2. The number of benzene rings is 3. The number of amides is 1. The van der Waals surface area contributed by atoms with Gasteiger partial charge in [-0.1, -0.05) is 29.8 Å². The summed E-state index contributed by atoms with van der Waals surface area (Å²) in [6.45, 7) is 2.39.